The first-order chi connectivity index (χ1) is 7.77. The van der Waals surface area contributed by atoms with Crippen LogP contribution >= 0.6 is 0 Å². The molecule has 0 aliphatic heterocycles. The van der Waals surface area contributed by atoms with Gasteiger partial charge in [-0.05, 0) is 12.1 Å². The van der Waals surface area contributed by atoms with Crippen molar-refractivity contribution in [1.82, 2.24) is 14.1 Å². The average Bonchev–Trinajstić information content (AvgIpc) is 2.30. The molecule has 2 aromatic rings. The predicted octanol–water partition coefficient (Wildman–Crippen LogP) is 0.105. The van der Waals surface area contributed by atoms with Gasteiger partial charge in [0.15, 0.2) is 0 Å². The average molecular weight is 217 g/mol. The zero-order valence-electron chi connectivity index (χ0n) is 8.61. The van der Waals surface area contributed by atoms with Crippen molar-refractivity contribution in [3.8, 4) is 0 Å². The molecule has 16 heavy (non-hydrogen) atoms. The number of pyridine rings is 1. The maximum absolute atomic E-state index is 11.4. The van der Waals surface area contributed by atoms with Crippen molar-refractivity contribution in [2.45, 2.75) is 13.1 Å². The summed E-state index contributed by atoms with van der Waals surface area (Å²) >= 11 is 0. The molecular formula is C11H11N3O2. The van der Waals surface area contributed by atoms with Crippen molar-refractivity contribution < 1.29 is 0 Å². The van der Waals surface area contributed by atoms with Crippen molar-refractivity contribution in [2.75, 3.05) is 0 Å². The lowest BCUT2D eigenvalue weighted by Crippen LogP contribution is -2.26. The van der Waals surface area contributed by atoms with Gasteiger partial charge in [0.25, 0.3) is 5.56 Å². The van der Waals surface area contributed by atoms with E-state index in [1.54, 1.807) is 35.2 Å². The molecule has 5 nitrogen and oxygen atoms in total. The highest BCUT2D eigenvalue weighted by Gasteiger charge is 1.97. The highest BCUT2D eigenvalue weighted by molar-refractivity contribution is 4.93. The van der Waals surface area contributed by atoms with Gasteiger partial charge in [-0.3, -0.25) is 9.36 Å². The van der Waals surface area contributed by atoms with Gasteiger partial charge in [-0.25, -0.2) is 9.78 Å². The predicted molar refractivity (Wildman–Crippen MR) is 59.2 cm³/mol. The van der Waals surface area contributed by atoms with Gasteiger partial charge in [-0.1, -0.05) is 6.07 Å². The molecule has 5 heteroatoms. The molecule has 2 aromatic heterocycles. The Bertz CT molecular complexity index is 532. The molecule has 82 valence electrons. The topological polar surface area (TPSA) is 56.9 Å². The molecule has 0 spiro atoms. The second-order valence-corrected chi connectivity index (χ2v) is 3.33. The van der Waals surface area contributed by atoms with Gasteiger partial charge < -0.3 is 4.57 Å². The lowest BCUT2D eigenvalue weighted by Gasteiger charge is -2.06. The lowest BCUT2D eigenvalue weighted by atomic mass is 10.4. The van der Waals surface area contributed by atoms with Crippen LogP contribution in [-0.4, -0.2) is 14.1 Å². The van der Waals surface area contributed by atoms with Crippen LogP contribution in [0.5, 0.6) is 0 Å². The number of aromatic nitrogens is 3. The van der Waals surface area contributed by atoms with Crippen molar-refractivity contribution >= 4 is 0 Å². The molecule has 0 N–H and O–H groups in total. The zero-order valence-corrected chi connectivity index (χ0v) is 8.61. The molecule has 0 aromatic carbocycles. The molecule has 0 unspecified atom stereocenters. The minimum absolute atomic E-state index is 0.0700. The van der Waals surface area contributed by atoms with Gasteiger partial charge >= 0.3 is 5.69 Å². The van der Waals surface area contributed by atoms with Crippen LogP contribution in [0.15, 0.2) is 52.4 Å². The molecular weight excluding hydrogens is 206 g/mol. The molecule has 0 radical (unpaired) electrons. The van der Waals surface area contributed by atoms with Crippen molar-refractivity contribution in [3.05, 3.63) is 63.7 Å². The van der Waals surface area contributed by atoms with Crippen LogP contribution in [0.3, 0.4) is 0 Å². The monoisotopic (exact) mass is 217 g/mol. The molecule has 0 atom stereocenters. The number of hydrogen-bond acceptors (Lipinski definition) is 3. The molecule has 0 aliphatic rings. The highest BCUT2D eigenvalue weighted by Crippen LogP contribution is 1.86. The van der Waals surface area contributed by atoms with E-state index in [9.17, 15) is 9.59 Å². The van der Waals surface area contributed by atoms with Gasteiger partial charge in [0.1, 0.15) is 0 Å². The summed E-state index contributed by atoms with van der Waals surface area (Å²) in [5, 5.41) is 0. The fourth-order valence-electron chi connectivity index (χ4n) is 1.42. The van der Waals surface area contributed by atoms with Crippen LogP contribution in [-0.2, 0) is 13.1 Å². The summed E-state index contributed by atoms with van der Waals surface area (Å²) in [5.41, 5.74) is -0.370. The molecule has 0 bridgehead atoms. The number of hydrogen-bond donors (Lipinski definition) is 0. The Labute approximate surface area is 91.6 Å². The van der Waals surface area contributed by atoms with Gasteiger partial charge in [0.2, 0.25) is 0 Å². The lowest BCUT2D eigenvalue weighted by molar-refractivity contribution is 0.544. The Morgan fingerprint density at radius 2 is 1.75 bits per heavy atom. The third-order valence-electron chi connectivity index (χ3n) is 2.26. The quantitative estimate of drug-likeness (QED) is 0.733. The molecule has 0 aliphatic carbocycles. The highest BCUT2D eigenvalue weighted by atomic mass is 16.1. The second-order valence-electron chi connectivity index (χ2n) is 3.33. The van der Waals surface area contributed by atoms with Crippen LogP contribution in [0.1, 0.15) is 0 Å². The third-order valence-corrected chi connectivity index (χ3v) is 2.26. The van der Waals surface area contributed by atoms with E-state index in [4.69, 9.17) is 0 Å². The van der Waals surface area contributed by atoms with Crippen molar-refractivity contribution in [3.63, 3.8) is 0 Å². The Morgan fingerprint density at radius 1 is 1.00 bits per heavy atom. The van der Waals surface area contributed by atoms with Gasteiger partial charge in [-0.15, -0.1) is 0 Å². The first-order valence-electron chi connectivity index (χ1n) is 4.94. The Kier molecular flexibility index (Phi) is 2.95. The zero-order chi connectivity index (χ0) is 11.4. The van der Waals surface area contributed by atoms with Crippen LogP contribution in [0, 0.1) is 0 Å². The summed E-state index contributed by atoms with van der Waals surface area (Å²) < 4.78 is 3.03. The van der Waals surface area contributed by atoms with Crippen LogP contribution in [0.4, 0.5) is 0 Å². The number of nitrogens with zero attached hydrogens (tertiary/aromatic N) is 3. The van der Waals surface area contributed by atoms with E-state index in [2.05, 4.69) is 4.98 Å². The van der Waals surface area contributed by atoms with E-state index in [0.717, 1.165) is 0 Å². The SMILES string of the molecule is O=c1ccccn1CCn1cccnc1=O. The van der Waals surface area contributed by atoms with E-state index in [-0.39, 0.29) is 11.2 Å². The summed E-state index contributed by atoms with van der Waals surface area (Å²) in [6, 6.07) is 6.66. The Hall–Kier alpha value is -2.17. The molecule has 0 fully saturated rings. The Balaban J connectivity index is 2.15. The van der Waals surface area contributed by atoms with E-state index in [1.807, 2.05) is 0 Å². The number of rotatable bonds is 3. The van der Waals surface area contributed by atoms with E-state index in [1.165, 1.54) is 16.8 Å². The minimum atomic E-state index is -0.300. The van der Waals surface area contributed by atoms with Crippen LogP contribution < -0.4 is 11.2 Å². The van der Waals surface area contributed by atoms with E-state index in [0.29, 0.717) is 13.1 Å². The summed E-state index contributed by atoms with van der Waals surface area (Å²) in [4.78, 5) is 26.3. The fourth-order valence-corrected chi connectivity index (χ4v) is 1.42. The summed E-state index contributed by atoms with van der Waals surface area (Å²) in [6.07, 6.45) is 4.81. The largest absolute Gasteiger partial charge is 0.347 e. The van der Waals surface area contributed by atoms with E-state index >= 15 is 0 Å². The normalized spacial score (nSPS) is 10.2. The fraction of sp³-hybridized carbons (Fsp3) is 0.182. The van der Waals surface area contributed by atoms with Gasteiger partial charge in [0, 0.05) is 37.7 Å². The molecule has 2 rings (SSSR count). The molecule has 0 saturated carbocycles. The van der Waals surface area contributed by atoms with Gasteiger partial charge in [0.05, 0.1) is 0 Å². The van der Waals surface area contributed by atoms with Crippen molar-refractivity contribution in [1.29, 1.82) is 0 Å². The second kappa shape index (κ2) is 4.57. The maximum atomic E-state index is 11.4. The summed E-state index contributed by atoms with van der Waals surface area (Å²) in [5.74, 6) is 0. The van der Waals surface area contributed by atoms with Crippen LogP contribution in [0.25, 0.3) is 0 Å². The maximum Gasteiger partial charge on any atom is 0.347 e. The number of aryl methyl sites for hydroxylation is 2. The standard InChI is InChI=1S/C11H11N3O2/c15-10-4-1-2-6-13(10)8-9-14-7-3-5-12-11(14)16/h1-7H,8-9H2. The van der Waals surface area contributed by atoms with Gasteiger partial charge in [-0.2, -0.15) is 0 Å². The van der Waals surface area contributed by atoms with Crippen LogP contribution in [0.2, 0.25) is 0 Å². The smallest absolute Gasteiger partial charge is 0.314 e. The first kappa shape index (κ1) is 10.4. The summed E-state index contributed by atoms with van der Waals surface area (Å²) in [7, 11) is 0. The molecule has 0 saturated heterocycles. The Morgan fingerprint density at radius 3 is 2.50 bits per heavy atom. The third kappa shape index (κ3) is 2.25. The molecule has 2 heterocycles. The molecule has 0 amide bonds. The van der Waals surface area contributed by atoms with E-state index < -0.39 is 0 Å². The first-order valence-corrected chi connectivity index (χ1v) is 4.94. The summed E-state index contributed by atoms with van der Waals surface area (Å²) in [6.45, 7) is 0.905. The van der Waals surface area contributed by atoms with Crippen molar-refractivity contribution in [2.24, 2.45) is 0 Å². The minimum Gasteiger partial charge on any atom is -0.314 e.